The van der Waals surface area contributed by atoms with Gasteiger partial charge in [-0.25, -0.2) is 4.39 Å². The summed E-state index contributed by atoms with van der Waals surface area (Å²) < 4.78 is 13.6. The Balaban J connectivity index is 1.84. The molecule has 1 heterocycles. The maximum atomic E-state index is 13.6. The van der Waals surface area contributed by atoms with Crippen LogP contribution in [0, 0.1) is 17.2 Å². The second kappa shape index (κ2) is 8.76. The number of halogens is 1. The first-order valence-electron chi connectivity index (χ1n) is 10.2. The van der Waals surface area contributed by atoms with Crippen molar-refractivity contribution in [2.75, 3.05) is 13.1 Å². The van der Waals surface area contributed by atoms with Crippen molar-refractivity contribution in [3.05, 3.63) is 59.9 Å². The molecule has 1 atom stereocenters. The maximum Gasteiger partial charge on any atom is 0.225 e. The molecule has 29 heavy (non-hydrogen) atoms. The average Bonchev–Trinajstić information content (AvgIpc) is 2.68. The minimum Gasteiger partial charge on any atom is -0.369 e. The van der Waals surface area contributed by atoms with Crippen LogP contribution in [-0.4, -0.2) is 29.8 Å². The van der Waals surface area contributed by atoms with E-state index in [-0.39, 0.29) is 23.5 Å². The molecule has 1 unspecified atom stereocenters. The molecule has 0 radical (unpaired) electrons. The quantitative estimate of drug-likeness (QED) is 0.796. The Kier molecular flexibility index (Phi) is 6.36. The van der Waals surface area contributed by atoms with Gasteiger partial charge in [-0.15, -0.1) is 0 Å². The predicted molar refractivity (Wildman–Crippen MR) is 112 cm³/mol. The van der Waals surface area contributed by atoms with Gasteiger partial charge in [0.1, 0.15) is 5.82 Å². The molecule has 2 aromatic rings. The Hall–Kier alpha value is -2.69. The third-order valence-electron chi connectivity index (χ3n) is 5.66. The largest absolute Gasteiger partial charge is 0.369 e. The summed E-state index contributed by atoms with van der Waals surface area (Å²) in [6, 6.07) is 14.2. The molecule has 0 aromatic heterocycles. The molecule has 1 aliphatic rings. The summed E-state index contributed by atoms with van der Waals surface area (Å²) in [6.07, 6.45) is 2.37. The minimum absolute atomic E-state index is 0.0823. The fraction of sp³-hybridized carbons (Fsp3) is 0.417. The Labute approximate surface area is 171 Å². The minimum atomic E-state index is -0.772. The number of rotatable bonds is 6. The Bertz CT molecular complexity index is 896. The van der Waals surface area contributed by atoms with E-state index < -0.39 is 5.41 Å². The molecule has 1 fully saturated rings. The van der Waals surface area contributed by atoms with E-state index >= 15 is 0 Å². The average molecular weight is 397 g/mol. The fourth-order valence-corrected chi connectivity index (χ4v) is 4.18. The van der Waals surface area contributed by atoms with Crippen LogP contribution >= 0.6 is 0 Å². The summed E-state index contributed by atoms with van der Waals surface area (Å²) in [5, 5.41) is 0. The van der Waals surface area contributed by atoms with Crippen LogP contribution in [0.5, 0.6) is 0 Å². The molecule has 0 aliphatic carbocycles. The SMILES string of the molecule is CC(C)CC(=O)N1CCCC(Cc2cccc(-c3cccc(F)c3)c2)(C(N)=O)C1. The molecular formula is C24H29FN2O2. The van der Waals surface area contributed by atoms with Crippen molar-refractivity contribution >= 4 is 11.8 Å². The Morgan fingerprint density at radius 3 is 2.48 bits per heavy atom. The van der Waals surface area contributed by atoms with Gasteiger partial charge in [-0.1, -0.05) is 50.2 Å². The number of amides is 2. The van der Waals surface area contributed by atoms with Gasteiger partial charge in [0.15, 0.2) is 0 Å². The molecule has 2 N–H and O–H groups in total. The molecule has 1 saturated heterocycles. The smallest absolute Gasteiger partial charge is 0.225 e. The lowest BCUT2D eigenvalue weighted by Gasteiger charge is -2.41. The topological polar surface area (TPSA) is 63.4 Å². The molecule has 1 aliphatic heterocycles. The first-order valence-corrected chi connectivity index (χ1v) is 10.2. The van der Waals surface area contributed by atoms with E-state index in [2.05, 4.69) is 0 Å². The monoisotopic (exact) mass is 396 g/mol. The van der Waals surface area contributed by atoms with E-state index in [1.54, 1.807) is 11.0 Å². The van der Waals surface area contributed by atoms with Gasteiger partial charge in [0.25, 0.3) is 0 Å². The van der Waals surface area contributed by atoms with Crippen LogP contribution in [0.3, 0.4) is 0 Å². The second-order valence-corrected chi connectivity index (χ2v) is 8.55. The maximum absolute atomic E-state index is 13.6. The van der Waals surface area contributed by atoms with Gasteiger partial charge < -0.3 is 10.6 Å². The van der Waals surface area contributed by atoms with Crippen LogP contribution in [0.2, 0.25) is 0 Å². The van der Waals surface area contributed by atoms with Gasteiger partial charge in [-0.2, -0.15) is 0 Å². The summed E-state index contributed by atoms with van der Waals surface area (Å²) in [7, 11) is 0. The van der Waals surface area contributed by atoms with E-state index in [1.807, 2.05) is 44.2 Å². The van der Waals surface area contributed by atoms with Crippen LogP contribution in [-0.2, 0) is 16.0 Å². The number of hydrogen-bond acceptors (Lipinski definition) is 2. The first kappa shape index (κ1) is 21.0. The van der Waals surface area contributed by atoms with Crippen molar-refractivity contribution in [1.29, 1.82) is 0 Å². The molecule has 0 bridgehead atoms. The van der Waals surface area contributed by atoms with Gasteiger partial charge in [0.05, 0.1) is 5.41 Å². The highest BCUT2D eigenvalue weighted by molar-refractivity contribution is 5.83. The highest BCUT2D eigenvalue weighted by atomic mass is 19.1. The predicted octanol–water partition coefficient (Wildman–Crippen LogP) is 4.18. The third-order valence-corrected chi connectivity index (χ3v) is 5.66. The molecule has 3 rings (SSSR count). The standard InChI is InChI=1S/C24H29FN2O2/c1-17(2)12-22(28)27-11-5-10-24(16-27,23(26)29)15-18-6-3-7-19(13-18)20-8-4-9-21(25)14-20/h3-4,6-9,13-14,17H,5,10-12,15-16H2,1-2H3,(H2,26,29). The number of piperidine rings is 1. The van der Waals surface area contributed by atoms with Crippen molar-refractivity contribution in [2.45, 2.75) is 39.5 Å². The number of primary amides is 1. The van der Waals surface area contributed by atoms with E-state index in [0.29, 0.717) is 32.4 Å². The summed E-state index contributed by atoms with van der Waals surface area (Å²) in [5.74, 6) is -0.294. The number of nitrogens with two attached hydrogens (primary N) is 1. The van der Waals surface area contributed by atoms with Crippen molar-refractivity contribution < 1.29 is 14.0 Å². The van der Waals surface area contributed by atoms with Crippen LogP contribution in [0.25, 0.3) is 11.1 Å². The zero-order valence-corrected chi connectivity index (χ0v) is 17.2. The van der Waals surface area contributed by atoms with Gasteiger partial charge in [0, 0.05) is 19.5 Å². The van der Waals surface area contributed by atoms with Crippen LogP contribution in [0.4, 0.5) is 4.39 Å². The Morgan fingerprint density at radius 2 is 1.83 bits per heavy atom. The number of benzene rings is 2. The summed E-state index contributed by atoms with van der Waals surface area (Å²) in [6.45, 7) is 5.06. The number of likely N-dealkylation sites (tertiary alicyclic amines) is 1. The molecule has 154 valence electrons. The highest BCUT2D eigenvalue weighted by Gasteiger charge is 2.42. The molecule has 0 spiro atoms. The molecule has 4 nitrogen and oxygen atoms in total. The molecule has 5 heteroatoms. The normalized spacial score (nSPS) is 19.4. The fourth-order valence-electron chi connectivity index (χ4n) is 4.18. The van der Waals surface area contributed by atoms with Gasteiger partial charge in [-0.05, 0) is 54.0 Å². The summed E-state index contributed by atoms with van der Waals surface area (Å²) in [5.41, 5.74) is 7.73. The second-order valence-electron chi connectivity index (χ2n) is 8.55. The van der Waals surface area contributed by atoms with E-state index in [9.17, 15) is 14.0 Å². The van der Waals surface area contributed by atoms with Crippen molar-refractivity contribution in [2.24, 2.45) is 17.1 Å². The van der Waals surface area contributed by atoms with Gasteiger partial charge in [-0.3, -0.25) is 9.59 Å². The number of carbonyl (C=O) groups is 2. The highest BCUT2D eigenvalue weighted by Crippen LogP contribution is 2.35. The lowest BCUT2D eigenvalue weighted by Crippen LogP contribution is -2.53. The van der Waals surface area contributed by atoms with E-state index in [4.69, 9.17) is 5.73 Å². The Morgan fingerprint density at radius 1 is 1.14 bits per heavy atom. The number of carbonyl (C=O) groups excluding carboxylic acids is 2. The summed E-state index contributed by atoms with van der Waals surface area (Å²) >= 11 is 0. The lowest BCUT2D eigenvalue weighted by atomic mass is 9.74. The van der Waals surface area contributed by atoms with Crippen LogP contribution < -0.4 is 5.73 Å². The van der Waals surface area contributed by atoms with E-state index in [0.717, 1.165) is 23.1 Å². The molecule has 2 aromatic carbocycles. The lowest BCUT2D eigenvalue weighted by molar-refractivity contribution is -0.140. The number of nitrogens with zero attached hydrogens (tertiary/aromatic N) is 1. The molecular weight excluding hydrogens is 367 g/mol. The van der Waals surface area contributed by atoms with Crippen LogP contribution in [0.15, 0.2) is 48.5 Å². The van der Waals surface area contributed by atoms with E-state index in [1.165, 1.54) is 12.1 Å². The zero-order chi connectivity index (χ0) is 21.0. The number of hydrogen-bond donors (Lipinski definition) is 1. The molecule has 2 amide bonds. The van der Waals surface area contributed by atoms with Crippen molar-refractivity contribution in [3.8, 4) is 11.1 Å². The zero-order valence-electron chi connectivity index (χ0n) is 17.2. The molecule has 0 saturated carbocycles. The van der Waals surface area contributed by atoms with Crippen molar-refractivity contribution in [1.82, 2.24) is 4.90 Å². The summed E-state index contributed by atoms with van der Waals surface area (Å²) in [4.78, 5) is 26.9. The third kappa shape index (κ3) is 5.03. The van der Waals surface area contributed by atoms with Gasteiger partial charge in [0.2, 0.25) is 11.8 Å². The first-order chi connectivity index (χ1) is 13.8. The van der Waals surface area contributed by atoms with Gasteiger partial charge >= 0.3 is 0 Å². The van der Waals surface area contributed by atoms with Crippen molar-refractivity contribution in [3.63, 3.8) is 0 Å². The van der Waals surface area contributed by atoms with Crippen LogP contribution in [0.1, 0.15) is 38.7 Å².